The highest BCUT2D eigenvalue weighted by Crippen LogP contribution is 2.25. The molecule has 0 aliphatic carbocycles. The van der Waals surface area contributed by atoms with Gasteiger partial charge in [0.05, 0.1) is 18.8 Å². The number of rotatable bonds is 11. The number of H-pyrrole nitrogens is 1. The number of aromatic amines is 1. The highest BCUT2D eigenvalue weighted by molar-refractivity contribution is 6.12. The summed E-state index contributed by atoms with van der Waals surface area (Å²) in [5.41, 5.74) is 0.625. The van der Waals surface area contributed by atoms with E-state index in [4.69, 9.17) is 9.47 Å². The van der Waals surface area contributed by atoms with Crippen molar-refractivity contribution >= 4 is 17.7 Å². The van der Waals surface area contributed by atoms with Crippen LogP contribution in [0.5, 0.6) is 0 Å². The molecule has 136 valence electrons. The number of esters is 2. The molecule has 0 unspecified atom stereocenters. The second kappa shape index (κ2) is 10.3. The number of aryl methyl sites for hydroxylation is 1. The van der Waals surface area contributed by atoms with Crippen molar-refractivity contribution < 1.29 is 23.9 Å². The number of carbonyl (C=O) groups excluding carboxylic acids is 3. The molecule has 0 amide bonds. The van der Waals surface area contributed by atoms with Crippen molar-refractivity contribution in [3.63, 3.8) is 0 Å². The minimum Gasteiger partial charge on any atom is -0.462 e. The molecular weight excluding hydrogens is 322 g/mol. The number of carbonyl (C=O) groups is 3. The Bertz CT molecular complexity index is 657. The molecule has 0 aliphatic rings. The van der Waals surface area contributed by atoms with E-state index in [1.807, 2.05) is 0 Å². The number of ether oxygens (including phenoxy) is 2. The minimum atomic E-state index is -0.714. The van der Waals surface area contributed by atoms with Crippen LogP contribution in [0.2, 0.25) is 0 Å². The van der Waals surface area contributed by atoms with Crippen molar-refractivity contribution in [3.8, 4) is 0 Å². The highest BCUT2D eigenvalue weighted by atomic mass is 16.5. The first kappa shape index (κ1) is 20.4. The van der Waals surface area contributed by atoms with Crippen LogP contribution in [0.25, 0.3) is 0 Å². The fourth-order valence-electron chi connectivity index (χ4n) is 2.42. The zero-order chi connectivity index (χ0) is 18.8. The summed E-state index contributed by atoms with van der Waals surface area (Å²) in [5, 5.41) is 0. The maximum atomic E-state index is 12.7. The van der Waals surface area contributed by atoms with Crippen LogP contribution in [0, 0.1) is 0 Å². The van der Waals surface area contributed by atoms with Crippen LogP contribution in [0.1, 0.15) is 70.0 Å². The third-order valence-electron chi connectivity index (χ3n) is 3.49. The van der Waals surface area contributed by atoms with Crippen LogP contribution in [0.15, 0.2) is 25.3 Å². The smallest absolute Gasteiger partial charge is 0.355 e. The molecule has 6 heteroatoms. The second-order valence-corrected chi connectivity index (χ2v) is 5.25. The molecule has 1 rings (SSSR count). The normalized spacial score (nSPS) is 10.2. The number of hydrogen-bond acceptors (Lipinski definition) is 5. The summed E-state index contributed by atoms with van der Waals surface area (Å²) in [4.78, 5) is 40.2. The van der Waals surface area contributed by atoms with E-state index < -0.39 is 11.9 Å². The second-order valence-electron chi connectivity index (χ2n) is 5.25. The van der Waals surface area contributed by atoms with Crippen LogP contribution in [-0.2, 0) is 15.9 Å². The molecule has 1 aromatic rings. The third-order valence-corrected chi connectivity index (χ3v) is 3.49. The topological polar surface area (TPSA) is 85.5 Å². The summed E-state index contributed by atoms with van der Waals surface area (Å²) >= 11 is 0. The van der Waals surface area contributed by atoms with Crippen LogP contribution < -0.4 is 0 Å². The number of nitrogens with one attached hydrogen (secondary N) is 1. The summed E-state index contributed by atoms with van der Waals surface area (Å²) in [5.74, 6) is -1.64. The van der Waals surface area contributed by atoms with Gasteiger partial charge in [0.2, 0.25) is 0 Å². The van der Waals surface area contributed by atoms with Gasteiger partial charge in [-0.2, -0.15) is 0 Å². The van der Waals surface area contributed by atoms with Crippen molar-refractivity contribution in [2.75, 3.05) is 13.2 Å². The lowest BCUT2D eigenvalue weighted by atomic mass is 9.99. The maximum Gasteiger partial charge on any atom is 0.355 e. The molecule has 0 fully saturated rings. The van der Waals surface area contributed by atoms with Gasteiger partial charge in [-0.3, -0.25) is 4.79 Å². The minimum absolute atomic E-state index is 0.0404. The fraction of sp³-hybridized carbons (Fsp3) is 0.421. The Hall–Kier alpha value is -2.63. The first-order valence-electron chi connectivity index (χ1n) is 8.35. The molecule has 25 heavy (non-hydrogen) atoms. The number of aromatic nitrogens is 1. The summed E-state index contributed by atoms with van der Waals surface area (Å²) < 4.78 is 10.1. The molecular formula is C19H25NO5. The average molecular weight is 347 g/mol. The van der Waals surface area contributed by atoms with E-state index in [1.54, 1.807) is 26.0 Å². The number of hydrogen-bond donors (Lipinski definition) is 1. The van der Waals surface area contributed by atoms with E-state index in [9.17, 15) is 14.4 Å². The van der Waals surface area contributed by atoms with E-state index in [2.05, 4.69) is 18.1 Å². The summed E-state index contributed by atoms with van der Waals surface area (Å²) in [7, 11) is 0. The van der Waals surface area contributed by atoms with Crippen molar-refractivity contribution in [3.05, 3.63) is 47.8 Å². The molecule has 0 spiro atoms. The molecule has 1 N–H and O–H groups in total. The van der Waals surface area contributed by atoms with Crippen molar-refractivity contribution in [2.24, 2.45) is 0 Å². The number of Topliss-reactive ketones (excluding diaryl/α,β-unsaturated/α-hetero) is 1. The first-order chi connectivity index (χ1) is 12.0. The van der Waals surface area contributed by atoms with Crippen LogP contribution in [0.3, 0.4) is 0 Å². The van der Waals surface area contributed by atoms with Crippen LogP contribution >= 0.6 is 0 Å². The van der Waals surface area contributed by atoms with Gasteiger partial charge in [0.1, 0.15) is 11.3 Å². The van der Waals surface area contributed by atoms with Gasteiger partial charge < -0.3 is 14.5 Å². The van der Waals surface area contributed by atoms with Crippen molar-refractivity contribution in [1.29, 1.82) is 0 Å². The van der Waals surface area contributed by atoms with E-state index in [0.29, 0.717) is 25.0 Å². The molecule has 6 nitrogen and oxygen atoms in total. The zero-order valence-electron chi connectivity index (χ0n) is 14.9. The molecule has 1 aromatic heterocycles. The van der Waals surface area contributed by atoms with Crippen LogP contribution in [-0.4, -0.2) is 35.9 Å². The number of allylic oxidation sites excluding steroid dienone is 2. The van der Waals surface area contributed by atoms with E-state index in [1.165, 1.54) is 0 Å². The Morgan fingerprint density at radius 3 is 2.12 bits per heavy atom. The van der Waals surface area contributed by atoms with Crippen LogP contribution in [0.4, 0.5) is 0 Å². The van der Waals surface area contributed by atoms with Crippen molar-refractivity contribution in [2.45, 2.75) is 39.5 Å². The van der Waals surface area contributed by atoms with E-state index in [-0.39, 0.29) is 42.2 Å². The molecule has 0 saturated carbocycles. The quantitative estimate of drug-likeness (QED) is 0.375. The van der Waals surface area contributed by atoms with Crippen molar-refractivity contribution in [1.82, 2.24) is 4.98 Å². The molecule has 0 aliphatic heterocycles. The Kier molecular flexibility index (Phi) is 8.39. The SMILES string of the molecule is C=CCCC(=O)c1c(CCC=C)[nH]c(C(=O)OCC)c1C(=O)OCC. The maximum absolute atomic E-state index is 12.7. The standard InChI is InChI=1S/C19H25NO5/c1-5-9-11-13-15(14(21)12-10-6-2)16(18(22)24-7-3)17(20-13)19(23)25-8-4/h5-6,20H,1-2,7-12H2,3-4H3. The van der Waals surface area contributed by atoms with Gasteiger partial charge in [0, 0.05) is 12.1 Å². The predicted octanol–water partition coefficient (Wildman–Crippen LogP) is 3.64. The lowest BCUT2D eigenvalue weighted by molar-refractivity contribution is 0.0474. The van der Waals surface area contributed by atoms with Gasteiger partial charge in [-0.1, -0.05) is 12.2 Å². The lowest BCUT2D eigenvalue weighted by Crippen LogP contribution is -2.16. The molecule has 0 atom stereocenters. The van der Waals surface area contributed by atoms with Gasteiger partial charge in [-0.05, 0) is 33.1 Å². The third kappa shape index (κ3) is 5.17. The monoisotopic (exact) mass is 347 g/mol. The summed E-state index contributed by atoms with van der Waals surface area (Å²) in [6, 6.07) is 0. The van der Waals surface area contributed by atoms with Gasteiger partial charge in [-0.25, -0.2) is 9.59 Å². The van der Waals surface area contributed by atoms with E-state index >= 15 is 0 Å². The van der Waals surface area contributed by atoms with Gasteiger partial charge >= 0.3 is 11.9 Å². The van der Waals surface area contributed by atoms with E-state index in [0.717, 1.165) is 0 Å². The molecule has 0 aromatic carbocycles. The Labute approximate surface area is 147 Å². The summed E-state index contributed by atoms with van der Waals surface area (Å²) in [6.45, 7) is 10.9. The molecule has 0 saturated heterocycles. The van der Waals surface area contributed by atoms with Gasteiger partial charge in [0.15, 0.2) is 5.78 Å². The largest absolute Gasteiger partial charge is 0.462 e. The summed E-state index contributed by atoms with van der Waals surface area (Å²) in [6.07, 6.45) is 5.04. The Morgan fingerprint density at radius 1 is 0.960 bits per heavy atom. The van der Waals surface area contributed by atoms with Gasteiger partial charge in [0.25, 0.3) is 0 Å². The Balaban J connectivity index is 3.49. The predicted molar refractivity (Wildman–Crippen MR) is 95.0 cm³/mol. The highest BCUT2D eigenvalue weighted by Gasteiger charge is 2.31. The average Bonchev–Trinajstić information content (AvgIpc) is 2.98. The zero-order valence-corrected chi connectivity index (χ0v) is 14.9. The molecule has 0 bridgehead atoms. The Morgan fingerprint density at radius 2 is 1.56 bits per heavy atom. The number of ketones is 1. The molecule has 0 radical (unpaired) electrons. The lowest BCUT2D eigenvalue weighted by Gasteiger charge is -2.07. The van der Waals surface area contributed by atoms with Gasteiger partial charge in [-0.15, -0.1) is 13.2 Å². The first-order valence-corrected chi connectivity index (χ1v) is 8.35. The fourth-order valence-corrected chi connectivity index (χ4v) is 2.42. The molecule has 1 heterocycles.